The third kappa shape index (κ3) is 3.27. The van der Waals surface area contributed by atoms with Crippen molar-refractivity contribution in [2.45, 2.75) is 45.3 Å². The smallest absolute Gasteiger partial charge is 0.227 e. The van der Waals surface area contributed by atoms with Crippen molar-refractivity contribution in [1.82, 2.24) is 0 Å². The molecule has 0 unspecified atom stereocenters. The number of carbonyl (C=O) groups excluding carboxylic acids is 1. The van der Waals surface area contributed by atoms with Gasteiger partial charge in [-0.15, -0.1) is 0 Å². The van der Waals surface area contributed by atoms with Gasteiger partial charge in [0.1, 0.15) is 0 Å². The second-order valence-electron chi connectivity index (χ2n) is 6.25. The Bertz CT molecular complexity index is 505. The number of nitrogens with one attached hydrogen (secondary N) is 1. The van der Waals surface area contributed by atoms with Crippen molar-refractivity contribution in [3.63, 3.8) is 0 Å². The zero-order valence-corrected chi connectivity index (χ0v) is 12.8. The molecule has 1 aliphatic carbocycles. The predicted molar refractivity (Wildman–Crippen MR) is 81.1 cm³/mol. The van der Waals surface area contributed by atoms with Gasteiger partial charge in [0.15, 0.2) is 5.79 Å². The lowest BCUT2D eigenvalue weighted by Gasteiger charge is -2.34. The molecule has 0 aromatic heterocycles. The molecule has 1 spiro atoms. The summed E-state index contributed by atoms with van der Waals surface area (Å²) in [6.07, 6.45) is 3.29. The average molecular weight is 289 g/mol. The van der Waals surface area contributed by atoms with Gasteiger partial charge in [-0.1, -0.05) is 6.07 Å². The van der Waals surface area contributed by atoms with Crippen molar-refractivity contribution < 1.29 is 14.3 Å². The SMILES string of the molecule is Cc1cc(C)cc(NC(=O)C2CCC3(CC2)OCCO3)c1. The van der Waals surface area contributed by atoms with E-state index >= 15 is 0 Å². The summed E-state index contributed by atoms with van der Waals surface area (Å²) in [7, 11) is 0. The fourth-order valence-electron chi connectivity index (χ4n) is 3.40. The lowest BCUT2D eigenvalue weighted by molar-refractivity contribution is -0.182. The van der Waals surface area contributed by atoms with E-state index in [1.165, 1.54) is 11.1 Å². The summed E-state index contributed by atoms with van der Waals surface area (Å²) >= 11 is 0. The number of benzene rings is 1. The van der Waals surface area contributed by atoms with Crippen LogP contribution < -0.4 is 5.32 Å². The lowest BCUT2D eigenvalue weighted by Crippen LogP contribution is -2.38. The average Bonchev–Trinajstić information content (AvgIpc) is 2.86. The van der Waals surface area contributed by atoms with Crippen molar-refractivity contribution in [2.24, 2.45) is 5.92 Å². The highest BCUT2D eigenvalue weighted by atomic mass is 16.7. The van der Waals surface area contributed by atoms with E-state index in [2.05, 4.69) is 11.4 Å². The normalized spacial score (nSPS) is 21.6. The van der Waals surface area contributed by atoms with Crippen LogP contribution in [0.15, 0.2) is 18.2 Å². The van der Waals surface area contributed by atoms with Crippen LogP contribution in [0.25, 0.3) is 0 Å². The van der Waals surface area contributed by atoms with Gasteiger partial charge in [0, 0.05) is 24.4 Å². The number of hydrogen-bond donors (Lipinski definition) is 1. The molecule has 1 heterocycles. The molecule has 1 saturated heterocycles. The fraction of sp³-hybridized carbons (Fsp3) is 0.588. The Morgan fingerprint density at radius 2 is 1.67 bits per heavy atom. The number of anilines is 1. The van der Waals surface area contributed by atoms with E-state index in [9.17, 15) is 4.79 Å². The zero-order chi connectivity index (χ0) is 14.9. The summed E-state index contributed by atoms with van der Waals surface area (Å²) in [5.74, 6) is -0.214. The Hall–Kier alpha value is -1.39. The monoisotopic (exact) mass is 289 g/mol. The third-order valence-electron chi connectivity index (χ3n) is 4.42. The van der Waals surface area contributed by atoms with Crippen molar-refractivity contribution in [2.75, 3.05) is 18.5 Å². The molecule has 1 saturated carbocycles. The molecule has 1 N–H and O–H groups in total. The fourth-order valence-corrected chi connectivity index (χ4v) is 3.40. The molecule has 4 heteroatoms. The van der Waals surface area contributed by atoms with Gasteiger partial charge in [0.05, 0.1) is 13.2 Å². The maximum absolute atomic E-state index is 12.4. The van der Waals surface area contributed by atoms with Gasteiger partial charge < -0.3 is 14.8 Å². The summed E-state index contributed by atoms with van der Waals surface area (Å²) in [6.45, 7) is 5.45. The molecule has 2 fully saturated rings. The highest BCUT2D eigenvalue weighted by molar-refractivity contribution is 5.92. The molecule has 114 valence electrons. The minimum atomic E-state index is -0.392. The molecule has 21 heavy (non-hydrogen) atoms. The summed E-state index contributed by atoms with van der Waals surface area (Å²) in [4.78, 5) is 12.4. The molecule has 3 rings (SSSR count). The van der Waals surface area contributed by atoms with E-state index in [0.717, 1.165) is 31.4 Å². The first kappa shape index (κ1) is 14.5. The summed E-state index contributed by atoms with van der Waals surface area (Å²) in [6, 6.07) is 6.13. The van der Waals surface area contributed by atoms with Crippen molar-refractivity contribution in [1.29, 1.82) is 0 Å². The number of aryl methyl sites for hydroxylation is 2. The van der Waals surface area contributed by atoms with E-state index in [1.807, 2.05) is 26.0 Å². The van der Waals surface area contributed by atoms with E-state index in [-0.39, 0.29) is 11.8 Å². The van der Waals surface area contributed by atoms with Crippen molar-refractivity contribution in [3.8, 4) is 0 Å². The van der Waals surface area contributed by atoms with E-state index in [0.29, 0.717) is 13.2 Å². The number of ether oxygens (including phenoxy) is 2. The largest absolute Gasteiger partial charge is 0.348 e. The minimum Gasteiger partial charge on any atom is -0.348 e. The van der Waals surface area contributed by atoms with Gasteiger partial charge in [-0.05, 0) is 49.9 Å². The van der Waals surface area contributed by atoms with E-state index in [4.69, 9.17) is 9.47 Å². The standard InChI is InChI=1S/C17H23NO3/c1-12-9-13(2)11-15(10-12)18-16(19)14-3-5-17(6-4-14)20-7-8-21-17/h9-11,14H,3-8H2,1-2H3,(H,18,19). The van der Waals surface area contributed by atoms with E-state index in [1.54, 1.807) is 0 Å². The van der Waals surface area contributed by atoms with Crippen LogP contribution in [0.4, 0.5) is 5.69 Å². The van der Waals surface area contributed by atoms with Gasteiger partial charge in [0.25, 0.3) is 0 Å². The third-order valence-corrected chi connectivity index (χ3v) is 4.42. The molecule has 0 radical (unpaired) electrons. The summed E-state index contributed by atoms with van der Waals surface area (Å²) < 4.78 is 11.4. The number of amides is 1. The lowest BCUT2D eigenvalue weighted by atomic mass is 9.84. The van der Waals surface area contributed by atoms with Gasteiger partial charge in [-0.3, -0.25) is 4.79 Å². The Morgan fingerprint density at radius 1 is 1.10 bits per heavy atom. The molecule has 1 aromatic carbocycles. The van der Waals surface area contributed by atoms with Gasteiger partial charge in [-0.2, -0.15) is 0 Å². The second-order valence-corrected chi connectivity index (χ2v) is 6.25. The van der Waals surface area contributed by atoms with Crippen molar-refractivity contribution in [3.05, 3.63) is 29.3 Å². The van der Waals surface area contributed by atoms with Crippen LogP contribution in [-0.2, 0) is 14.3 Å². The molecule has 0 bridgehead atoms. The molecule has 2 aliphatic rings. The van der Waals surface area contributed by atoms with Crippen LogP contribution in [-0.4, -0.2) is 24.9 Å². The van der Waals surface area contributed by atoms with Crippen LogP contribution in [0.2, 0.25) is 0 Å². The molecule has 0 atom stereocenters. The molecular formula is C17H23NO3. The first-order valence-electron chi connectivity index (χ1n) is 7.73. The maximum atomic E-state index is 12.4. The van der Waals surface area contributed by atoms with Crippen LogP contribution in [0.5, 0.6) is 0 Å². The second kappa shape index (κ2) is 5.78. The summed E-state index contributed by atoms with van der Waals surface area (Å²) in [5, 5.41) is 3.05. The minimum absolute atomic E-state index is 0.0595. The molecule has 1 aliphatic heterocycles. The molecule has 4 nitrogen and oxygen atoms in total. The Labute approximate surface area is 125 Å². The summed E-state index contributed by atoms with van der Waals surface area (Å²) in [5.41, 5.74) is 3.23. The highest BCUT2D eigenvalue weighted by Gasteiger charge is 2.41. The molecule has 1 aromatic rings. The van der Waals surface area contributed by atoms with Gasteiger partial charge >= 0.3 is 0 Å². The first-order chi connectivity index (χ1) is 10.1. The zero-order valence-electron chi connectivity index (χ0n) is 12.8. The Balaban J connectivity index is 1.59. The van der Waals surface area contributed by atoms with Crippen LogP contribution in [0.3, 0.4) is 0 Å². The van der Waals surface area contributed by atoms with Crippen molar-refractivity contribution >= 4 is 11.6 Å². The quantitative estimate of drug-likeness (QED) is 0.909. The topological polar surface area (TPSA) is 47.6 Å². The highest BCUT2D eigenvalue weighted by Crippen LogP contribution is 2.38. The first-order valence-corrected chi connectivity index (χ1v) is 7.73. The maximum Gasteiger partial charge on any atom is 0.227 e. The number of carbonyl (C=O) groups is 1. The Morgan fingerprint density at radius 3 is 2.24 bits per heavy atom. The van der Waals surface area contributed by atoms with Crippen LogP contribution >= 0.6 is 0 Å². The van der Waals surface area contributed by atoms with Crippen LogP contribution in [0, 0.1) is 19.8 Å². The van der Waals surface area contributed by atoms with E-state index < -0.39 is 5.79 Å². The number of rotatable bonds is 2. The molecular weight excluding hydrogens is 266 g/mol. The van der Waals surface area contributed by atoms with Crippen LogP contribution in [0.1, 0.15) is 36.8 Å². The number of hydrogen-bond acceptors (Lipinski definition) is 3. The Kier molecular flexibility index (Phi) is 4.00. The molecule has 1 amide bonds. The van der Waals surface area contributed by atoms with Gasteiger partial charge in [0.2, 0.25) is 5.91 Å². The predicted octanol–water partition coefficient (Wildman–Crippen LogP) is 3.18. The van der Waals surface area contributed by atoms with Gasteiger partial charge in [-0.25, -0.2) is 0 Å².